The van der Waals surface area contributed by atoms with E-state index in [1.165, 1.54) is 69.7 Å². The van der Waals surface area contributed by atoms with Crippen molar-refractivity contribution in [3.8, 4) is 0 Å². The molecule has 0 aromatic heterocycles. The van der Waals surface area contributed by atoms with Gasteiger partial charge in [0.25, 0.3) is 0 Å². The van der Waals surface area contributed by atoms with Crippen LogP contribution in [0.1, 0.15) is 31.2 Å². The first-order valence-corrected chi connectivity index (χ1v) is 8.95. The highest BCUT2D eigenvalue weighted by atomic mass is 15.2. The third kappa shape index (κ3) is 4.02. The molecular weight excluding hydrogens is 270 g/mol. The Bertz CT molecular complexity index is 442. The van der Waals surface area contributed by atoms with Crippen molar-refractivity contribution in [2.45, 2.75) is 38.6 Å². The highest BCUT2D eigenvalue weighted by Gasteiger charge is 2.27. The van der Waals surface area contributed by atoms with Crippen LogP contribution in [0.5, 0.6) is 0 Å². The van der Waals surface area contributed by atoms with Gasteiger partial charge in [0.2, 0.25) is 0 Å². The molecule has 1 heterocycles. The third-order valence-electron chi connectivity index (χ3n) is 5.49. The molecule has 1 saturated heterocycles. The van der Waals surface area contributed by atoms with Crippen molar-refractivity contribution >= 4 is 5.69 Å². The molecule has 1 saturated carbocycles. The molecule has 1 aliphatic heterocycles. The van der Waals surface area contributed by atoms with Crippen molar-refractivity contribution in [2.75, 3.05) is 44.7 Å². The van der Waals surface area contributed by atoms with Gasteiger partial charge in [-0.25, -0.2) is 0 Å². The summed E-state index contributed by atoms with van der Waals surface area (Å²) in [7, 11) is 2.24. The van der Waals surface area contributed by atoms with Gasteiger partial charge in [0.15, 0.2) is 0 Å². The van der Waals surface area contributed by atoms with Gasteiger partial charge in [-0.15, -0.1) is 0 Å². The topological polar surface area (TPSA) is 18.5 Å². The van der Waals surface area contributed by atoms with Crippen LogP contribution in [-0.2, 0) is 0 Å². The molecule has 122 valence electrons. The van der Waals surface area contributed by atoms with E-state index in [1.807, 2.05) is 0 Å². The molecule has 3 heteroatoms. The summed E-state index contributed by atoms with van der Waals surface area (Å²) in [6.07, 6.45) is 5.58. The lowest BCUT2D eigenvalue weighted by molar-refractivity contribution is 0.123. The van der Waals surface area contributed by atoms with Gasteiger partial charge < -0.3 is 10.2 Å². The maximum atomic E-state index is 3.46. The molecule has 0 bridgehead atoms. The van der Waals surface area contributed by atoms with Crippen LogP contribution in [0.25, 0.3) is 0 Å². The van der Waals surface area contributed by atoms with Crippen LogP contribution in [0.15, 0.2) is 24.3 Å². The van der Waals surface area contributed by atoms with Crippen LogP contribution in [-0.4, -0.2) is 50.7 Å². The zero-order valence-corrected chi connectivity index (χ0v) is 14.2. The van der Waals surface area contributed by atoms with Gasteiger partial charge in [-0.3, -0.25) is 4.90 Å². The van der Waals surface area contributed by atoms with E-state index in [2.05, 4.69) is 53.4 Å². The van der Waals surface area contributed by atoms with Crippen molar-refractivity contribution < 1.29 is 0 Å². The van der Waals surface area contributed by atoms with E-state index in [-0.39, 0.29) is 0 Å². The summed E-state index contributed by atoms with van der Waals surface area (Å²) in [5.41, 5.74) is 2.70. The second-order valence-electron chi connectivity index (χ2n) is 7.18. The smallest absolute Gasteiger partial charge is 0.0363 e. The Hall–Kier alpha value is -1.06. The minimum absolute atomic E-state index is 0.850. The molecule has 2 aliphatic rings. The first kappa shape index (κ1) is 15.8. The average Bonchev–Trinajstić information content (AvgIpc) is 2.57. The summed E-state index contributed by atoms with van der Waals surface area (Å²) in [5, 5.41) is 3.46. The lowest BCUT2D eigenvalue weighted by atomic mass is 9.84. The summed E-state index contributed by atoms with van der Waals surface area (Å²) in [6, 6.07) is 9.78. The van der Waals surface area contributed by atoms with E-state index in [9.17, 15) is 0 Å². The largest absolute Gasteiger partial charge is 0.374 e. The SMILES string of the molecule is Cc1ccc(N(C)CC2CCC(N3CCNCC3)CC2)cc1. The monoisotopic (exact) mass is 301 g/mol. The molecule has 0 amide bonds. The molecule has 3 nitrogen and oxygen atoms in total. The molecule has 0 unspecified atom stereocenters. The molecule has 1 aliphatic carbocycles. The van der Waals surface area contributed by atoms with Crippen LogP contribution in [0.2, 0.25) is 0 Å². The predicted molar refractivity (Wildman–Crippen MR) is 94.6 cm³/mol. The summed E-state index contributed by atoms with van der Waals surface area (Å²) in [6.45, 7) is 8.21. The number of anilines is 1. The van der Waals surface area contributed by atoms with Gasteiger partial charge in [-0.05, 0) is 50.7 Å². The van der Waals surface area contributed by atoms with Crippen LogP contribution in [0.3, 0.4) is 0 Å². The van der Waals surface area contributed by atoms with Crippen molar-refractivity contribution in [1.29, 1.82) is 0 Å². The Labute approximate surface area is 135 Å². The van der Waals surface area contributed by atoms with E-state index in [0.717, 1.165) is 12.0 Å². The Balaban J connectivity index is 1.46. The number of nitrogens with one attached hydrogen (secondary N) is 1. The molecule has 1 aromatic carbocycles. The molecule has 1 N–H and O–H groups in total. The lowest BCUT2D eigenvalue weighted by Crippen LogP contribution is -2.49. The summed E-state index contributed by atoms with van der Waals surface area (Å²) in [4.78, 5) is 5.16. The number of piperazine rings is 1. The van der Waals surface area contributed by atoms with Crippen LogP contribution in [0.4, 0.5) is 5.69 Å². The molecule has 0 radical (unpaired) electrons. The summed E-state index contributed by atoms with van der Waals surface area (Å²) >= 11 is 0. The molecule has 2 fully saturated rings. The van der Waals surface area contributed by atoms with Crippen molar-refractivity contribution in [3.63, 3.8) is 0 Å². The second-order valence-corrected chi connectivity index (χ2v) is 7.18. The Kier molecular flexibility index (Phi) is 5.37. The van der Waals surface area contributed by atoms with Gasteiger partial charge in [0.1, 0.15) is 0 Å². The third-order valence-corrected chi connectivity index (χ3v) is 5.49. The highest BCUT2D eigenvalue weighted by Crippen LogP contribution is 2.29. The van der Waals surface area contributed by atoms with Crippen molar-refractivity contribution in [3.05, 3.63) is 29.8 Å². The van der Waals surface area contributed by atoms with Gasteiger partial charge >= 0.3 is 0 Å². The van der Waals surface area contributed by atoms with Crippen molar-refractivity contribution in [2.24, 2.45) is 5.92 Å². The normalized spacial score (nSPS) is 26.8. The van der Waals surface area contributed by atoms with Gasteiger partial charge in [-0.1, -0.05) is 17.7 Å². The van der Waals surface area contributed by atoms with E-state index in [1.54, 1.807) is 0 Å². The second kappa shape index (κ2) is 7.47. The molecule has 0 spiro atoms. The number of nitrogens with zero attached hydrogens (tertiary/aromatic N) is 2. The number of benzene rings is 1. The molecule has 1 aromatic rings. The van der Waals surface area contributed by atoms with Crippen molar-refractivity contribution in [1.82, 2.24) is 10.2 Å². The summed E-state index contributed by atoms with van der Waals surface area (Å²) in [5.74, 6) is 0.866. The lowest BCUT2D eigenvalue weighted by Gasteiger charge is -2.40. The zero-order valence-electron chi connectivity index (χ0n) is 14.2. The first-order chi connectivity index (χ1) is 10.7. The molecule has 0 atom stereocenters. The van der Waals surface area contributed by atoms with Gasteiger partial charge in [-0.2, -0.15) is 0 Å². The minimum atomic E-state index is 0.850. The zero-order chi connectivity index (χ0) is 15.4. The van der Waals surface area contributed by atoms with E-state index < -0.39 is 0 Å². The van der Waals surface area contributed by atoms with Crippen LogP contribution >= 0.6 is 0 Å². The fourth-order valence-corrected chi connectivity index (χ4v) is 4.03. The quantitative estimate of drug-likeness (QED) is 0.922. The molecular formula is C19H31N3. The number of aryl methyl sites for hydroxylation is 1. The molecule has 3 rings (SSSR count). The minimum Gasteiger partial charge on any atom is -0.374 e. The summed E-state index contributed by atoms with van der Waals surface area (Å²) < 4.78 is 0. The standard InChI is InChI=1S/C19H31N3/c1-16-3-7-18(8-4-16)21(2)15-17-5-9-19(10-6-17)22-13-11-20-12-14-22/h3-4,7-8,17,19-20H,5-6,9-15H2,1-2H3. The maximum Gasteiger partial charge on any atom is 0.0363 e. The Morgan fingerprint density at radius 1 is 1.05 bits per heavy atom. The van der Waals surface area contributed by atoms with Gasteiger partial charge in [0.05, 0.1) is 0 Å². The van der Waals surface area contributed by atoms with Crippen LogP contribution in [0, 0.1) is 12.8 Å². The van der Waals surface area contributed by atoms with E-state index >= 15 is 0 Å². The number of rotatable bonds is 4. The maximum absolute atomic E-state index is 3.46. The van der Waals surface area contributed by atoms with E-state index in [0.29, 0.717) is 0 Å². The fourth-order valence-electron chi connectivity index (χ4n) is 4.03. The Morgan fingerprint density at radius 2 is 1.68 bits per heavy atom. The average molecular weight is 301 g/mol. The highest BCUT2D eigenvalue weighted by molar-refractivity contribution is 5.46. The number of hydrogen-bond acceptors (Lipinski definition) is 3. The number of hydrogen-bond donors (Lipinski definition) is 1. The van der Waals surface area contributed by atoms with E-state index in [4.69, 9.17) is 0 Å². The first-order valence-electron chi connectivity index (χ1n) is 8.95. The Morgan fingerprint density at radius 3 is 2.32 bits per heavy atom. The fraction of sp³-hybridized carbons (Fsp3) is 0.684. The van der Waals surface area contributed by atoms with Gasteiger partial charge in [0, 0.05) is 51.5 Å². The molecule has 22 heavy (non-hydrogen) atoms. The van der Waals surface area contributed by atoms with Crippen LogP contribution < -0.4 is 10.2 Å². The predicted octanol–water partition coefficient (Wildman–Crippen LogP) is 2.90.